The normalized spacial score (nSPS) is 15.4. The fourth-order valence-electron chi connectivity index (χ4n) is 3.73. The third-order valence-corrected chi connectivity index (χ3v) is 7.72. The Hall–Kier alpha value is -1.89. The Morgan fingerprint density at radius 3 is 2.14 bits per heavy atom. The second kappa shape index (κ2) is 9.28. The Labute approximate surface area is 178 Å². The van der Waals surface area contributed by atoms with Gasteiger partial charge in [-0.1, -0.05) is 43.0 Å². The van der Waals surface area contributed by atoms with Gasteiger partial charge in [0.05, 0.1) is 4.90 Å². The lowest BCUT2D eigenvalue weighted by Gasteiger charge is -2.30. The molecule has 1 aliphatic carbocycles. The lowest BCUT2D eigenvalue weighted by atomic mass is 9.96. The summed E-state index contributed by atoms with van der Waals surface area (Å²) >= 11 is 5.90. The molecule has 0 radical (unpaired) electrons. The number of rotatable bonds is 6. The summed E-state index contributed by atoms with van der Waals surface area (Å²) in [4.78, 5) is 14.5. The van der Waals surface area contributed by atoms with Crippen LogP contribution in [0.15, 0.2) is 53.4 Å². The molecule has 5 nitrogen and oxygen atoms in total. The molecular weight excluding hydrogens is 408 g/mol. The number of sulfonamides is 1. The molecule has 1 aliphatic rings. The van der Waals surface area contributed by atoms with E-state index in [0.29, 0.717) is 17.1 Å². The van der Waals surface area contributed by atoms with Gasteiger partial charge in [-0.05, 0) is 54.8 Å². The zero-order valence-corrected chi connectivity index (χ0v) is 18.4. The van der Waals surface area contributed by atoms with Crippen molar-refractivity contribution in [1.82, 2.24) is 9.21 Å². The molecule has 3 rings (SSSR count). The van der Waals surface area contributed by atoms with Gasteiger partial charge in [-0.3, -0.25) is 4.79 Å². The summed E-state index contributed by atoms with van der Waals surface area (Å²) in [7, 11) is -0.180. The molecule has 156 valence electrons. The first-order chi connectivity index (χ1) is 13.8. The van der Waals surface area contributed by atoms with Crippen molar-refractivity contribution in [2.45, 2.75) is 49.6 Å². The van der Waals surface area contributed by atoms with Gasteiger partial charge in [0.2, 0.25) is 10.0 Å². The van der Waals surface area contributed by atoms with Crippen molar-refractivity contribution in [1.29, 1.82) is 0 Å². The number of carbonyl (C=O) groups is 1. The van der Waals surface area contributed by atoms with E-state index in [4.69, 9.17) is 11.6 Å². The van der Waals surface area contributed by atoms with Crippen LogP contribution in [0.1, 0.15) is 48.0 Å². The average Bonchev–Trinajstić information content (AvgIpc) is 2.75. The fraction of sp³-hybridized carbons (Fsp3) is 0.409. The molecule has 0 unspecified atom stereocenters. The lowest BCUT2D eigenvalue weighted by molar-refractivity contribution is 0.0785. The van der Waals surface area contributed by atoms with Crippen LogP contribution in [-0.4, -0.2) is 43.7 Å². The quantitative estimate of drug-likeness (QED) is 0.669. The van der Waals surface area contributed by atoms with Crippen molar-refractivity contribution in [3.63, 3.8) is 0 Å². The van der Waals surface area contributed by atoms with Gasteiger partial charge in [-0.25, -0.2) is 8.42 Å². The van der Waals surface area contributed by atoms with E-state index in [1.165, 1.54) is 22.9 Å². The smallest absolute Gasteiger partial charge is 0.253 e. The highest BCUT2D eigenvalue weighted by Crippen LogP contribution is 2.26. The fourth-order valence-corrected chi connectivity index (χ4v) is 5.27. The van der Waals surface area contributed by atoms with Crippen LogP contribution < -0.4 is 0 Å². The summed E-state index contributed by atoms with van der Waals surface area (Å²) < 4.78 is 27.4. The van der Waals surface area contributed by atoms with Crippen molar-refractivity contribution in [3.8, 4) is 0 Å². The van der Waals surface area contributed by atoms with E-state index in [1.807, 2.05) is 12.1 Å². The summed E-state index contributed by atoms with van der Waals surface area (Å²) in [6.45, 7) is 0.445. The molecule has 29 heavy (non-hydrogen) atoms. The van der Waals surface area contributed by atoms with E-state index in [1.54, 1.807) is 43.3 Å². The molecule has 0 bridgehead atoms. The zero-order valence-electron chi connectivity index (χ0n) is 16.8. The minimum absolute atomic E-state index is 0.0561. The molecule has 2 aromatic carbocycles. The molecule has 0 saturated heterocycles. The first-order valence-electron chi connectivity index (χ1n) is 9.87. The molecular formula is C22H27ClN2O3S. The molecule has 0 aliphatic heterocycles. The van der Waals surface area contributed by atoms with Crippen LogP contribution in [-0.2, 0) is 16.6 Å². The van der Waals surface area contributed by atoms with Crippen LogP contribution in [0, 0.1) is 0 Å². The van der Waals surface area contributed by atoms with Crippen LogP contribution in [0.4, 0.5) is 0 Å². The number of hydrogen-bond acceptors (Lipinski definition) is 3. The first-order valence-corrected chi connectivity index (χ1v) is 11.7. The number of nitrogens with zero attached hydrogens (tertiary/aromatic N) is 2. The van der Waals surface area contributed by atoms with Crippen LogP contribution in [0.3, 0.4) is 0 Å². The van der Waals surface area contributed by atoms with Crippen molar-refractivity contribution >= 4 is 27.5 Å². The molecule has 0 atom stereocenters. The third kappa shape index (κ3) is 5.18. The highest BCUT2D eigenvalue weighted by Gasteiger charge is 2.29. The second-order valence-electron chi connectivity index (χ2n) is 7.63. The number of halogens is 1. The maximum Gasteiger partial charge on any atom is 0.253 e. The van der Waals surface area contributed by atoms with Crippen molar-refractivity contribution < 1.29 is 13.2 Å². The Morgan fingerprint density at radius 1 is 0.966 bits per heavy atom. The van der Waals surface area contributed by atoms with Crippen LogP contribution >= 0.6 is 11.6 Å². The molecule has 1 amide bonds. The maximum atomic E-state index is 12.9. The Bertz CT molecular complexity index is 937. The molecule has 0 aromatic heterocycles. The number of benzene rings is 2. The molecule has 0 heterocycles. The van der Waals surface area contributed by atoms with Gasteiger partial charge in [0.1, 0.15) is 0 Å². The predicted molar refractivity (Wildman–Crippen MR) is 116 cm³/mol. The van der Waals surface area contributed by atoms with E-state index in [-0.39, 0.29) is 16.8 Å². The molecule has 0 N–H and O–H groups in total. The van der Waals surface area contributed by atoms with Gasteiger partial charge < -0.3 is 4.90 Å². The molecule has 7 heteroatoms. The van der Waals surface area contributed by atoms with E-state index in [0.717, 1.165) is 31.2 Å². The summed E-state index contributed by atoms with van der Waals surface area (Å²) in [5, 5.41) is 0.651. The van der Waals surface area contributed by atoms with Crippen molar-refractivity contribution in [3.05, 3.63) is 64.7 Å². The average molecular weight is 435 g/mol. The Kier molecular flexibility index (Phi) is 6.98. The monoisotopic (exact) mass is 434 g/mol. The summed E-state index contributed by atoms with van der Waals surface area (Å²) in [5.74, 6) is -0.162. The highest BCUT2D eigenvalue weighted by atomic mass is 35.5. The Balaban J connectivity index is 1.69. The summed E-state index contributed by atoms with van der Waals surface area (Å²) in [6, 6.07) is 13.6. The van der Waals surface area contributed by atoms with Gasteiger partial charge in [0.25, 0.3) is 5.91 Å². The number of amides is 1. The van der Waals surface area contributed by atoms with E-state index < -0.39 is 10.0 Å². The molecule has 0 spiro atoms. The largest absolute Gasteiger partial charge is 0.337 e. The van der Waals surface area contributed by atoms with E-state index in [2.05, 4.69) is 0 Å². The summed E-state index contributed by atoms with van der Waals surface area (Å²) in [6.07, 6.45) is 5.12. The third-order valence-electron chi connectivity index (χ3n) is 5.55. The predicted octanol–water partition coefficient (Wildman–Crippen LogP) is 4.57. The van der Waals surface area contributed by atoms with Gasteiger partial charge in [0.15, 0.2) is 0 Å². The van der Waals surface area contributed by atoms with Crippen LogP contribution in [0.2, 0.25) is 5.02 Å². The standard InChI is InChI=1S/C22H27ClN2O3S/c1-24(16-17-8-12-19(23)13-9-17)22(26)18-10-14-21(15-11-18)29(27,28)25(2)20-6-4-3-5-7-20/h8-15,20H,3-7,16H2,1-2H3. The van der Waals surface area contributed by atoms with E-state index in [9.17, 15) is 13.2 Å². The highest BCUT2D eigenvalue weighted by molar-refractivity contribution is 7.89. The minimum atomic E-state index is -3.56. The van der Waals surface area contributed by atoms with Crippen LogP contribution in [0.5, 0.6) is 0 Å². The second-order valence-corrected chi connectivity index (χ2v) is 10.1. The maximum absolute atomic E-state index is 12.9. The van der Waals surface area contributed by atoms with Crippen molar-refractivity contribution in [2.75, 3.05) is 14.1 Å². The van der Waals surface area contributed by atoms with Gasteiger partial charge >= 0.3 is 0 Å². The number of hydrogen-bond donors (Lipinski definition) is 0. The molecule has 1 fully saturated rings. The number of carbonyl (C=O) groups excluding carboxylic acids is 1. The lowest BCUT2D eigenvalue weighted by Crippen LogP contribution is -2.38. The van der Waals surface area contributed by atoms with Crippen molar-refractivity contribution in [2.24, 2.45) is 0 Å². The minimum Gasteiger partial charge on any atom is -0.337 e. The van der Waals surface area contributed by atoms with E-state index >= 15 is 0 Å². The summed E-state index contributed by atoms with van der Waals surface area (Å²) in [5.41, 5.74) is 1.43. The topological polar surface area (TPSA) is 57.7 Å². The SMILES string of the molecule is CN(Cc1ccc(Cl)cc1)C(=O)c1ccc(S(=O)(=O)N(C)C2CCCCC2)cc1. The van der Waals surface area contributed by atoms with Gasteiger partial charge in [-0.2, -0.15) is 4.31 Å². The van der Waals surface area contributed by atoms with Gasteiger partial charge in [-0.15, -0.1) is 0 Å². The van der Waals surface area contributed by atoms with Crippen LogP contribution in [0.25, 0.3) is 0 Å². The Morgan fingerprint density at radius 2 is 1.55 bits per heavy atom. The molecule has 2 aromatic rings. The first kappa shape index (κ1) is 21.8. The molecule has 1 saturated carbocycles. The zero-order chi connectivity index (χ0) is 21.0. The van der Waals surface area contributed by atoms with Gasteiger partial charge in [0, 0.05) is 37.3 Å².